The van der Waals surface area contributed by atoms with Crippen molar-refractivity contribution < 1.29 is 12.8 Å². The van der Waals surface area contributed by atoms with Gasteiger partial charge in [0.15, 0.2) is 0 Å². The lowest BCUT2D eigenvalue weighted by Crippen LogP contribution is -2.38. The van der Waals surface area contributed by atoms with Crippen LogP contribution < -0.4 is 10.3 Å². The van der Waals surface area contributed by atoms with E-state index < -0.39 is 21.1 Å². The molecule has 0 radical (unpaired) electrons. The van der Waals surface area contributed by atoms with Crippen molar-refractivity contribution in [1.82, 2.24) is 4.57 Å². The molecule has 1 fully saturated rings. The zero-order chi connectivity index (χ0) is 23.2. The fourth-order valence-corrected chi connectivity index (χ4v) is 6.31. The summed E-state index contributed by atoms with van der Waals surface area (Å²) in [5, 5.41) is 0.0867. The van der Waals surface area contributed by atoms with Gasteiger partial charge in [-0.25, -0.2) is 12.8 Å². The third-order valence-corrected chi connectivity index (χ3v) is 8.39. The van der Waals surface area contributed by atoms with E-state index in [1.54, 1.807) is 29.7 Å². The molecule has 0 amide bonds. The highest BCUT2D eigenvalue weighted by atomic mass is 32.2. The second-order valence-electron chi connectivity index (χ2n) is 8.74. The molecule has 0 saturated carbocycles. The summed E-state index contributed by atoms with van der Waals surface area (Å²) in [6, 6.07) is 8.14. The molecule has 2 heterocycles. The van der Waals surface area contributed by atoms with Gasteiger partial charge in [0.2, 0.25) is 15.3 Å². The van der Waals surface area contributed by atoms with Gasteiger partial charge in [-0.1, -0.05) is 17.7 Å². The van der Waals surface area contributed by atoms with Crippen LogP contribution in [0.15, 0.2) is 51.1 Å². The van der Waals surface area contributed by atoms with E-state index in [4.69, 9.17) is 0 Å². The molecule has 1 aliphatic heterocycles. The molecule has 7 heteroatoms. The lowest BCUT2D eigenvalue weighted by Gasteiger charge is -2.35. The molecule has 1 atom stereocenters. The van der Waals surface area contributed by atoms with E-state index in [2.05, 4.69) is 6.92 Å². The Morgan fingerprint density at radius 2 is 1.84 bits per heavy atom. The lowest BCUT2D eigenvalue weighted by molar-refractivity contribution is 0.476. The minimum absolute atomic E-state index is 0.0867. The number of nitrogens with zero attached hydrogens (tertiary/aromatic N) is 2. The number of fused-ring (bicyclic) bond motifs is 1. The summed E-state index contributed by atoms with van der Waals surface area (Å²) in [5.74, 6) is -0.493. The van der Waals surface area contributed by atoms with Gasteiger partial charge in [0.1, 0.15) is 10.7 Å². The number of pyridine rings is 1. The van der Waals surface area contributed by atoms with E-state index in [1.807, 2.05) is 18.7 Å². The smallest absolute Gasteiger partial charge is 0.212 e. The topological polar surface area (TPSA) is 59.4 Å². The number of piperidine rings is 1. The van der Waals surface area contributed by atoms with E-state index in [0.717, 1.165) is 31.4 Å². The van der Waals surface area contributed by atoms with Crippen LogP contribution in [0, 0.1) is 19.7 Å². The van der Waals surface area contributed by atoms with Gasteiger partial charge in [0.05, 0.1) is 21.5 Å². The predicted octanol–water partition coefficient (Wildman–Crippen LogP) is 4.99. The van der Waals surface area contributed by atoms with Gasteiger partial charge in [-0.15, -0.1) is 0 Å². The van der Waals surface area contributed by atoms with Crippen molar-refractivity contribution in [1.29, 1.82) is 0 Å². The molecule has 5 nitrogen and oxygen atoms in total. The van der Waals surface area contributed by atoms with Crippen LogP contribution in [0.2, 0.25) is 0 Å². The van der Waals surface area contributed by atoms with Crippen LogP contribution >= 0.6 is 0 Å². The fourth-order valence-electron chi connectivity index (χ4n) is 4.72. The molecule has 1 unspecified atom stereocenters. The zero-order valence-corrected chi connectivity index (χ0v) is 19.8. The summed E-state index contributed by atoms with van der Waals surface area (Å²) in [7, 11) is -4.06. The molecule has 2 aromatic carbocycles. The number of halogens is 1. The number of sulfone groups is 1. The number of rotatable bonds is 4. The highest BCUT2D eigenvalue weighted by molar-refractivity contribution is 7.91. The van der Waals surface area contributed by atoms with Crippen LogP contribution in [0.4, 0.5) is 10.1 Å². The average molecular weight is 457 g/mol. The van der Waals surface area contributed by atoms with Crippen LogP contribution in [-0.4, -0.2) is 25.6 Å². The maximum atomic E-state index is 15.2. The first-order chi connectivity index (χ1) is 15.1. The van der Waals surface area contributed by atoms with Gasteiger partial charge < -0.3 is 9.47 Å². The van der Waals surface area contributed by atoms with Crippen molar-refractivity contribution in [2.75, 3.05) is 11.4 Å². The summed E-state index contributed by atoms with van der Waals surface area (Å²) in [6.45, 7) is 8.77. The molecule has 0 aliphatic carbocycles. The second kappa shape index (κ2) is 8.35. The highest BCUT2D eigenvalue weighted by Crippen LogP contribution is 2.31. The fraction of sp³-hybridized carbons (Fsp3) is 0.400. The Morgan fingerprint density at radius 1 is 1.09 bits per heavy atom. The number of aromatic nitrogens is 1. The van der Waals surface area contributed by atoms with E-state index in [9.17, 15) is 13.2 Å². The summed E-state index contributed by atoms with van der Waals surface area (Å²) < 4.78 is 43.8. The molecule has 1 aliphatic rings. The summed E-state index contributed by atoms with van der Waals surface area (Å²) >= 11 is 0. The average Bonchev–Trinajstić information content (AvgIpc) is 2.74. The molecule has 0 bridgehead atoms. The van der Waals surface area contributed by atoms with Gasteiger partial charge in [-0.3, -0.25) is 4.79 Å². The Bertz CT molecular complexity index is 1360. The van der Waals surface area contributed by atoms with Crippen LogP contribution in [0.1, 0.15) is 44.2 Å². The first-order valence-electron chi connectivity index (χ1n) is 11.1. The molecule has 1 aromatic heterocycles. The summed E-state index contributed by atoms with van der Waals surface area (Å²) in [5.41, 5.74) is 1.87. The van der Waals surface area contributed by atoms with E-state index in [1.165, 1.54) is 18.3 Å². The van der Waals surface area contributed by atoms with Crippen molar-refractivity contribution in [3.8, 4) is 0 Å². The molecule has 0 spiro atoms. The van der Waals surface area contributed by atoms with Crippen LogP contribution in [0.5, 0.6) is 0 Å². The van der Waals surface area contributed by atoms with E-state index >= 15 is 4.39 Å². The number of benzene rings is 2. The van der Waals surface area contributed by atoms with Gasteiger partial charge in [0, 0.05) is 25.3 Å². The molecule has 0 N–H and O–H groups in total. The molecule has 32 heavy (non-hydrogen) atoms. The standard InChI is InChI=1S/C25H29FN2O3S/c1-5-27-15-24(32(30,31)23-10-9-16(2)12-17(23)3)25(29)19-13-20(26)22(14-21(19)27)28-11-7-6-8-18(28)4/h9-10,12-15,18H,5-8,11H2,1-4H3. The summed E-state index contributed by atoms with van der Waals surface area (Å²) in [4.78, 5) is 15.1. The van der Waals surface area contributed by atoms with Crippen molar-refractivity contribution >= 4 is 26.4 Å². The largest absolute Gasteiger partial charge is 0.366 e. The summed E-state index contributed by atoms with van der Waals surface area (Å²) in [6.07, 6.45) is 4.51. The van der Waals surface area contributed by atoms with Crippen LogP contribution in [-0.2, 0) is 16.4 Å². The van der Waals surface area contributed by atoms with E-state index in [0.29, 0.717) is 23.3 Å². The van der Waals surface area contributed by atoms with Crippen LogP contribution in [0.25, 0.3) is 10.9 Å². The minimum Gasteiger partial charge on any atom is -0.366 e. The zero-order valence-electron chi connectivity index (χ0n) is 19.0. The quantitative estimate of drug-likeness (QED) is 0.555. The second-order valence-corrected chi connectivity index (χ2v) is 10.6. The van der Waals surface area contributed by atoms with Gasteiger partial charge in [-0.2, -0.15) is 0 Å². The lowest BCUT2D eigenvalue weighted by atomic mass is 10.0. The van der Waals surface area contributed by atoms with Crippen molar-refractivity contribution in [2.24, 2.45) is 0 Å². The van der Waals surface area contributed by atoms with Crippen molar-refractivity contribution in [3.05, 3.63) is 63.7 Å². The molecular weight excluding hydrogens is 427 g/mol. The number of hydrogen-bond donors (Lipinski definition) is 0. The number of hydrogen-bond acceptors (Lipinski definition) is 4. The maximum absolute atomic E-state index is 15.2. The first-order valence-corrected chi connectivity index (χ1v) is 12.6. The van der Waals surface area contributed by atoms with Crippen molar-refractivity contribution in [3.63, 3.8) is 0 Å². The van der Waals surface area contributed by atoms with Gasteiger partial charge in [-0.05, 0) is 70.7 Å². The van der Waals surface area contributed by atoms with Crippen molar-refractivity contribution in [2.45, 2.75) is 69.3 Å². The number of aryl methyl sites for hydroxylation is 3. The normalized spacial score (nSPS) is 17.2. The Morgan fingerprint density at radius 3 is 2.50 bits per heavy atom. The SMILES string of the molecule is CCn1cc(S(=O)(=O)c2ccc(C)cc2C)c(=O)c2cc(F)c(N3CCCCC3C)cc21. The molecule has 4 rings (SSSR count). The third kappa shape index (κ3) is 3.72. The predicted molar refractivity (Wildman–Crippen MR) is 126 cm³/mol. The first kappa shape index (κ1) is 22.5. The highest BCUT2D eigenvalue weighted by Gasteiger charge is 2.27. The Labute approximate surface area is 188 Å². The monoisotopic (exact) mass is 456 g/mol. The van der Waals surface area contributed by atoms with Gasteiger partial charge in [0.25, 0.3) is 0 Å². The molecular formula is C25H29FN2O3S. The van der Waals surface area contributed by atoms with Gasteiger partial charge >= 0.3 is 0 Å². The van der Waals surface area contributed by atoms with E-state index in [-0.39, 0.29) is 21.2 Å². The number of anilines is 1. The molecule has 170 valence electrons. The molecule has 3 aromatic rings. The Kier molecular flexibility index (Phi) is 5.88. The molecule has 1 saturated heterocycles. The minimum atomic E-state index is -4.06. The third-order valence-electron chi connectivity index (χ3n) is 6.48. The van der Waals surface area contributed by atoms with Crippen LogP contribution in [0.3, 0.4) is 0 Å². The maximum Gasteiger partial charge on any atom is 0.212 e. The Balaban J connectivity index is 1.95. The Hall–Kier alpha value is -2.67.